The van der Waals surface area contributed by atoms with Crippen LogP contribution in [0.3, 0.4) is 0 Å². The third-order valence-corrected chi connectivity index (χ3v) is 10.6. The average Bonchev–Trinajstić information content (AvgIpc) is 3.21. The number of hydrogen-bond donors (Lipinski definition) is 1. The molecule has 0 radical (unpaired) electrons. The molecule has 5 rings (SSSR count). The van der Waals surface area contributed by atoms with Gasteiger partial charge in [-0.3, -0.25) is 14.4 Å². The first-order valence-corrected chi connectivity index (χ1v) is 15.2. The Balaban J connectivity index is 1.65. The lowest BCUT2D eigenvalue weighted by molar-refractivity contribution is -0.145. The second-order valence-corrected chi connectivity index (χ2v) is 13.7. The van der Waals surface area contributed by atoms with Gasteiger partial charge in [-0.15, -0.1) is 11.8 Å². The summed E-state index contributed by atoms with van der Waals surface area (Å²) in [5, 5.41) is 10.5. The number of carbonyl (C=O) groups is 3. The van der Waals surface area contributed by atoms with E-state index in [0.29, 0.717) is 37.5 Å². The molecule has 4 aliphatic rings. The average molecular weight is 568 g/mol. The molecule has 216 valence electrons. The molecule has 2 saturated heterocycles. The van der Waals surface area contributed by atoms with Gasteiger partial charge in [0.05, 0.1) is 36.3 Å². The molecule has 1 aromatic carbocycles. The summed E-state index contributed by atoms with van der Waals surface area (Å²) in [6.45, 7) is 9.42. The number of rotatable bonds is 8. The summed E-state index contributed by atoms with van der Waals surface area (Å²) in [6, 6.07) is 5.96. The zero-order valence-electron chi connectivity index (χ0n) is 24.1. The predicted molar refractivity (Wildman–Crippen MR) is 157 cm³/mol. The van der Waals surface area contributed by atoms with E-state index in [4.69, 9.17) is 4.74 Å². The zero-order chi connectivity index (χ0) is 28.8. The molecule has 1 unspecified atom stereocenters. The molecule has 0 bridgehead atoms. The summed E-state index contributed by atoms with van der Waals surface area (Å²) in [5.41, 5.74) is 0.710. The molecule has 1 N–H and O–H groups in total. The minimum absolute atomic E-state index is 0.0285. The number of ether oxygens (including phenoxy) is 1. The summed E-state index contributed by atoms with van der Waals surface area (Å²) >= 11 is 1.58. The first-order valence-electron chi connectivity index (χ1n) is 14.3. The molecule has 40 heavy (non-hydrogen) atoms. The Morgan fingerprint density at radius 2 is 1.73 bits per heavy atom. The van der Waals surface area contributed by atoms with Crippen LogP contribution in [-0.4, -0.2) is 87.6 Å². The number of methoxy groups -OCH3 is 1. The van der Waals surface area contributed by atoms with Gasteiger partial charge in [0.15, 0.2) is 0 Å². The Kier molecular flexibility index (Phi) is 7.83. The minimum Gasteiger partial charge on any atom is -0.497 e. The lowest BCUT2D eigenvalue weighted by Gasteiger charge is -2.40. The summed E-state index contributed by atoms with van der Waals surface area (Å²) < 4.78 is 3.74. The number of aliphatic hydroxyl groups is 1. The van der Waals surface area contributed by atoms with Crippen LogP contribution in [0.25, 0.3) is 0 Å². The van der Waals surface area contributed by atoms with Gasteiger partial charge in [-0.05, 0) is 49.9 Å². The van der Waals surface area contributed by atoms with E-state index in [1.165, 1.54) is 0 Å². The van der Waals surface area contributed by atoms with Crippen molar-refractivity contribution in [1.82, 2.24) is 9.80 Å². The van der Waals surface area contributed by atoms with Crippen LogP contribution in [0.1, 0.15) is 40.5 Å². The van der Waals surface area contributed by atoms with E-state index in [-0.39, 0.29) is 30.2 Å². The van der Waals surface area contributed by atoms with Crippen LogP contribution < -0.4 is 9.64 Å². The number of anilines is 1. The van der Waals surface area contributed by atoms with Gasteiger partial charge in [-0.25, -0.2) is 0 Å². The highest BCUT2D eigenvalue weighted by molar-refractivity contribution is 8.02. The summed E-state index contributed by atoms with van der Waals surface area (Å²) in [6.07, 6.45) is 9.51. The number of hydrogen-bond acceptors (Lipinski definition) is 6. The molecule has 0 aromatic heterocycles. The van der Waals surface area contributed by atoms with Crippen LogP contribution in [0.4, 0.5) is 5.69 Å². The molecule has 4 aliphatic heterocycles. The van der Waals surface area contributed by atoms with Crippen molar-refractivity contribution in [2.45, 2.75) is 62.1 Å². The number of amides is 3. The van der Waals surface area contributed by atoms with Crippen molar-refractivity contribution in [1.29, 1.82) is 0 Å². The van der Waals surface area contributed by atoms with Crippen LogP contribution in [0, 0.1) is 17.8 Å². The molecular weight excluding hydrogens is 526 g/mol. The third-order valence-electron chi connectivity index (χ3n) is 8.80. The van der Waals surface area contributed by atoms with E-state index in [2.05, 4.69) is 6.08 Å². The maximum Gasteiger partial charge on any atom is 0.251 e. The zero-order valence-corrected chi connectivity index (χ0v) is 24.9. The van der Waals surface area contributed by atoms with Crippen LogP contribution in [0.2, 0.25) is 0 Å². The van der Waals surface area contributed by atoms with Crippen molar-refractivity contribution in [2.75, 3.05) is 38.3 Å². The normalized spacial score (nSPS) is 32.2. The van der Waals surface area contributed by atoms with E-state index in [0.717, 1.165) is 6.42 Å². The summed E-state index contributed by atoms with van der Waals surface area (Å²) in [7, 11) is 1.60. The van der Waals surface area contributed by atoms with Crippen molar-refractivity contribution < 1.29 is 24.2 Å². The molecule has 0 aliphatic carbocycles. The fourth-order valence-electron chi connectivity index (χ4n) is 7.19. The Morgan fingerprint density at radius 1 is 1.02 bits per heavy atom. The highest BCUT2D eigenvalue weighted by atomic mass is 32.2. The van der Waals surface area contributed by atoms with Crippen LogP contribution in [0.15, 0.2) is 48.6 Å². The fourth-order valence-corrected chi connectivity index (χ4v) is 9.33. The topological polar surface area (TPSA) is 90.4 Å². The molecule has 1 aromatic rings. The monoisotopic (exact) mass is 567 g/mol. The molecule has 4 heterocycles. The third kappa shape index (κ3) is 4.45. The van der Waals surface area contributed by atoms with Crippen molar-refractivity contribution in [2.24, 2.45) is 17.8 Å². The number of benzene rings is 1. The molecular formula is C31H41N3O5S. The summed E-state index contributed by atoms with van der Waals surface area (Å²) in [5.74, 6) is -0.849. The molecule has 1 spiro atoms. The highest BCUT2D eigenvalue weighted by Gasteiger charge is 2.74. The van der Waals surface area contributed by atoms with Crippen LogP contribution in [0.5, 0.6) is 5.75 Å². The lowest BCUT2D eigenvalue weighted by atomic mass is 9.74. The largest absolute Gasteiger partial charge is 0.497 e. The first kappa shape index (κ1) is 28.7. The van der Waals surface area contributed by atoms with Crippen LogP contribution in [-0.2, 0) is 14.4 Å². The number of aliphatic hydroxyl groups excluding tert-OH is 1. The van der Waals surface area contributed by atoms with Crippen molar-refractivity contribution in [3.63, 3.8) is 0 Å². The molecule has 3 amide bonds. The second kappa shape index (κ2) is 10.9. The van der Waals surface area contributed by atoms with Gasteiger partial charge in [-0.2, -0.15) is 0 Å². The molecule has 9 heteroatoms. The van der Waals surface area contributed by atoms with Gasteiger partial charge in [-0.1, -0.05) is 45.1 Å². The van der Waals surface area contributed by atoms with Crippen molar-refractivity contribution >= 4 is 35.2 Å². The van der Waals surface area contributed by atoms with Gasteiger partial charge < -0.3 is 24.5 Å². The van der Waals surface area contributed by atoms with Gasteiger partial charge in [0.2, 0.25) is 11.8 Å². The number of thioether (sulfide) groups is 1. The number of nitrogens with zero attached hydrogens (tertiary/aromatic N) is 3. The predicted octanol–water partition coefficient (Wildman–Crippen LogP) is 3.50. The number of likely N-dealkylation sites (tertiary alicyclic amines) is 1. The van der Waals surface area contributed by atoms with Gasteiger partial charge in [0, 0.05) is 30.1 Å². The maximum atomic E-state index is 14.7. The fraction of sp³-hybridized carbons (Fsp3) is 0.581. The lowest BCUT2D eigenvalue weighted by Crippen LogP contribution is -2.57. The quantitative estimate of drug-likeness (QED) is 0.484. The highest BCUT2D eigenvalue weighted by Crippen LogP contribution is 2.66. The number of fused-ring (bicyclic) bond motifs is 2. The van der Waals surface area contributed by atoms with Crippen LogP contribution >= 0.6 is 11.8 Å². The smallest absolute Gasteiger partial charge is 0.251 e. The summed E-state index contributed by atoms with van der Waals surface area (Å²) in [4.78, 5) is 48.6. The maximum absolute atomic E-state index is 14.7. The molecule has 6 atom stereocenters. The standard InChI is InChI=1S/C31H41N3O5S/c1-6-15-32-16-7-13-30(4)24(27(32)36)25-28(37)34(22(19-35)18-20(2)3)26-29(38)33(17-8-14-31(25,26)40-30)21-9-11-23(39-5)12-10-21/h7-14,20,22,24-26,35H,6,15-19H2,1-5H3/t22-,24+,25+,26?,30-,31+/m1/s1. The Hall–Kier alpha value is -2.78. The van der Waals surface area contributed by atoms with Gasteiger partial charge in [0.1, 0.15) is 11.8 Å². The van der Waals surface area contributed by atoms with Gasteiger partial charge in [0.25, 0.3) is 5.91 Å². The molecule has 2 fully saturated rings. The van der Waals surface area contributed by atoms with E-state index < -0.39 is 33.4 Å². The first-order chi connectivity index (χ1) is 19.1. The van der Waals surface area contributed by atoms with E-state index >= 15 is 0 Å². The van der Waals surface area contributed by atoms with Crippen molar-refractivity contribution in [3.05, 3.63) is 48.6 Å². The molecule has 0 saturated carbocycles. The second-order valence-electron chi connectivity index (χ2n) is 11.9. The van der Waals surface area contributed by atoms with E-state index in [1.54, 1.807) is 28.7 Å². The van der Waals surface area contributed by atoms with Crippen molar-refractivity contribution in [3.8, 4) is 5.75 Å². The minimum atomic E-state index is -0.936. The Morgan fingerprint density at radius 3 is 2.35 bits per heavy atom. The molecule has 8 nitrogen and oxygen atoms in total. The van der Waals surface area contributed by atoms with E-state index in [1.807, 2.05) is 75.1 Å². The van der Waals surface area contributed by atoms with E-state index in [9.17, 15) is 19.5 Å². The Labute approximate surface area is 241 Å². The van der Waals surface area contributed by atoms with Gasteiger partial charge >= 0.3 is 0 Å². The SMILES string of the molecule is CCCN1CC=C[C@@]2(C)S[C@]34C=CCN(c5ccc(OC)cc5)C(=O)C3N([C@@H](CO)CC(C)C)C(=O)[C@@H]4[C@H]2C1=O. The Bertz CT molecular complexity index is 1220. The number of carbonyl (C=O) groups excluding carboxylic acids is 3.